The lowest BCUT2D eigenvalue weighted by Gasteiger charge is -2.03. The second-order valence-corrected chi connectivity index (χ2v) is 3.92. The Hall–Kier alpha value is -1.67. The fraction of sp³-hybridized carbons (Fsp3) is 0.182. The van der Waals surface area contributed by atoms with Gasteiger partial charge >= 0.3 is 5.97 Å². The van der Waals surface area contributed by atoms with Gasteiger partial charge in [-0.1, -0.05) is 15.9 Å². The summed E-state index contributed by atoms with van der Waals surface area (Å²) in [5.41, 5.74) is 0.882. The number of nitriles is 1. The Bertz CT molecular complexity index is 477. The maximum Gasteiger partial charge on any atom is 0.374 e. The monoisotopic (exact) mass is 281 g/mol. The van der Waals surface area contributed by atoms with Gasteiger partial charge in [-0.15, -0.1) is 0 Å². The van der Waals surface area contributed by atoms with Crippen LogP contribution in [0.25, 0.3) is 0 Å². The van der Waals surface area contributed by atoms with Gasteiger partial charge in [0.25, 0.3) is 0 Å². The minimum absolute atomic E-state index is 0.130. The van der Waals surface area contributed by atoms with Crippen LogP contribution in [-0.4, -0.2) is 18.9 Å². The van der Waals surface area contributed by atoms with E-state index in [9.17, 15) is 9.59 Å². The molecule has 0 aliphatic carbocycles. The van der Waals surface area contributed by atoms with Crippen molar-refractivity contribution in [2.45, 2.75) is 6.42 Å². The first kappa shape index (κ1) is 12.4. The van der Waals surface area contributed by atoms with Crippen LogP contribution in [0.3, 0.4) is 0 Å². The molecule has 1 aromatic carbocycles. The first-order chi connectivity index (χ1) is 7.58. The van der Waals surface area contributed by atoms with Crippen LogP contribution in [0.15, 0.2) is 22.7 Å². The van der Waals surface area contributed by atoms with E-state index < -0.39 is 11.8 Å². The van der Waals surface area contributed by atoms with Gasteiger partial charge in [0.05, 0.1) is 18.7 Å². The predicted octanol–water partition coefficient (Wildman–Crippen LogP) is 1.61. The van der Waals surface area contributed by atoms with Gasteiger partial charge < -0.3 is 4.74 Å². The van der Waals surface area contributed by atoms with E-state index in [0.29, 0.717) is 11.1 Å². The Morgan fingerprint density at radius 1 is 1.50 bits per heavy atom. The Morgan fingerprint density at radius 2 is 2.19 bits per heavy atom. The maximum absolute atomic E-state index is 11.3. The number of methoxy groups -OCH3 is 1. The molecule has 16 heavy (non-hydrogen) atoms. The fourth-order valence-corrected chi connectivity index (χ4v) is 1.59. The third-order valence-corrected chi connectivity index (χ3v) is 2.45. The van der Waals surface area contributed by atoms with Gasteiger partial charge in [0.15, 0.2) is 0 Å². The van der Waals surface area contributed by atoms with Gasteiger partial charge in [-0.2, -0.15) is 5.26 Å². The van der Waals surface area contributed by atoms with Crippen molar-refractivity contribution in [2.75, 3.05) is 7.11 Å². The van der Waals surface area contributed by atoms with Gasteiger partial charge in [-0.25, -0.2) is 4.79 Å². The minimum Gasteiger partial charge on any atom is -0.463 e. The van der Waals surface area contributed by atoms with Crippen LogP contribution in [0, 0.1) is 11.3 Å². The highest BCUT2D eigenvalue weighted by atomic mass is 79.9. The van der Waals surface area contributed by atoms with Crippen LogP contribution < -0.4 is 0 Å². The molecule has 0 saturated carbocycles. The number of ketones is 1. The van der Waals surface area contributed by atoms with E-state index >= 15 is 0 Å². The van der Waals surface area contributed by atoms with E-state index in [0.717, 1.165) is 11.6 Å². The molecule has 1 rings (SSSR count). The van der Waals surface area contributed by atoms with E-state index in [1.165, 1.54) is 0 Å². The number of esters is 1. The van der Waals surface area contributed by atoms with Gasteiger partial charge in [0.1, 0.15) is 0 Å². The van der Waals surface area contributed by atoms with E-state index in [1.54, 1.807) is 18.2 Å². The summed E-state index contributed by atoms with van der Waals surface area (Å²) in [6.45, 7) is 0. The summed E-state index contributed by atoms with van der Waals surface area (Å²) < 4.78 is 5.05. The fourth-order valence-electron chi connectivity index (χ4n) is 1.18. The molecule has 0 amide bonds. The molecule has 0 N–H and O–H groups in total. The lowest BCUT2D eigenvalue weighted by molar-refractivity contribution is -0.151. The number of ether oxygens (including phenoxy) is 1. The van der Waals surface area contributed by atoms with E-state index in [1.807, 2.05) is 6.07 Å². The number of halogens is 1. The number of carbonyl (C=O) groups excluding carboxylic acids is 2. The van der Waals surface area contributed by atoms with Crippen molar-refractivity contribution in [2.24, 2.45) is 0 Å². The summed E-state index contributed by atoms with van der Waals surface area (Å²) in [5.74, 6) is -1.57. The van der Waals surface area contributed by atoms with Crippen LogP contribution in [0.2, 0.25) is 0 Å². The molecule has 0 atom stereocenters. The highest BCUT2D eigenvalue weighted by Gasteiger charge is 2.16. The maximum atomic E-state index is 11.3. The van der Waals surface area contributed by atoms with Gasteiger partial charge in [-0.05, 0) is 23.8 Å². The minimum atomic E-state index is -0.899. The summed E-state index contributed by atoms with van der Waals surface area (Å²) in [5, 5.41) is 8.83. The second-order valence-electron chi connectivity index (χ2n) is 3.00. The van der Waals surface area contributed by atoms with E-state index in [-0.39, 0.29) is 6.42 Å². The average Bonchev–Trinajstić information content (AvgIpc) is 2.28. The summed E-state index contributed by atoms with van der Waals surface area (Å²) in [6, 6.07) is 6.88. The first-order valence-electron chi connectivity index (χ1n) is 4.38. The molecule has 0 aromatic heterocycles. The molecule has 0 unspecified atom stereocenters. The Kier molecular flexibility index (Phi) is 4.20. The van der Waals surface area contributed by atoms with E-state index in [4.69, 9.17) is 5.26 Å². The van der Waals surface area contributed by atoms with Crippen molar-refractivity contribution in [1.29, 1.82) is 5.26 Å². The van der Waals surface area contributed by atoms with Crippen LogP contribution in [0.4, 0.5) is 0 Å². The number of carbonyl (C=O) groups is 2. The van der Waals surface area contributed by atoms with Gasteiger partial charge in [0.2, 0.25) is 5.78 Å². The molecule has 1 aromatic rings. The number of rotatable bonds is 3. The Balaban J connectivity index is 2.97. The number of benzene rings is 1. The van der Waals surface area contributed by atoms with Crippen LogP contribution in [0.1, 0.15) is 11.1 Å². The predicted molar refractivity (Wildman–Crippen MR) is 59.6 cm³/mol. The highest BCUT2D eigenvalue weighted by Crippen LogP contribution is 2.17. The quantitative estimate of drug-likeness (QED) is 0.624. The smallest absolute Gasteiger partial charge is 0.374 e. The molecule has 0 bridgehead atoms. The molecule has 5 heteroatoms. The van der Waals surface area contributed by atoms with Gasteiger partial charge in [-0.3, -0.25) is 4.79 Å². The van der Waals surface area contributed by atoms with Crippen LogP contribution in [-0.2, 0) is 20.7 Å². The standard InChI is InChI=1S/C11H8BrNO3/c1-16-11(15)10(14)5-8-4-9(12)3-2-7(8)6-13/h2-4H,5H2,1H3. The number of hydrogen-bond donors (Lipinski definition) is 0. The number of Topliss-reactive ketones (excluding diaryl/α,β-unsaturated/α-hetero) is 1. The molecule has 0 spiro atoms. The third-order valence-electron chi connectivity index (χ3n) is 1.95. The molecular weight excluding hydrogens is 274 g/mol. The zero-order chi connectivity index (χ0) is 12.1. The van der Waals surface area contributed by atoms with Crippen LogP contribution >= 0.6 is 15.9 Å². The lowest BCUT2D eigenvalue weighted by atomic mass is 10.0. The van der Waals surface area contributed by atoms with Crippen molar-refractivity contribution < 1.29 is 14.3 Å². The summed E-state index contributed by atoms with van der Waals surface area (Å²) in [4.78, 5) is 22.3. The molecule has 0 radical (unpaired) electrons. The third kappa shape index (κ3) is 2.91. The van der Waals surface area contributed by atoms with Crippen LogP contribution in [0.5, 0.6) is 0 Å². The largest absolute Gasteiger partial charge is 0.463 e. The molecular formula is C11H8BrNO3. The van der Waals surface area contributed by atoms with Crippen molar-refractivity contribution in [3.05, 3.63) is 33.8 Å². The molecule has 0 aliphatic rings. The average molecular weight is 282 g/mol. The first-order valence-corrected chi connectivity index (χ1v) is 5.17. The zero-order valence-corrected chi connectivity index (χ0v) is 10.1. The number of hydrogen-bond acceptors (Lipinski definition) is 4. The van der Waals surface area contributed by atoms with E-state index in [2.05, 4.69) is 20.7 Å². The Labute approximate surface area is 101 Å². The second kappa shape index (κ2) is 5.42. The summed E-state index contributed by atoms with van der Waals surface area (Å²) >= 11 is 3.23. The normalized spacial score (nSPS) is 9.31. The molecule has 0 heterocycles. The van der Waals surface area contributed by atoms with Crippen molar-refractivity contribution in [3.63, 3.8) is 0 Å². The zero-order valence-electron chi connectivity index (χ0n) is 8.49. The molecule has 0 aliphatic heterocycles. The highest BCUT2D eigenvalue weighted by molar-refractivity contribution is 9.10. The molecule has 0 fully saturated rings. The summed E-state index contributed by atoms with van der Waals surface area (Å²) in [7, 11) is 1.15. The topological polar surface area (TPSA) is 67.2 Å². The summed E-state index contributed by atoms with van der Waals surface area (Å²) in [6.07, 6.45) is -0.130. The Morgan fingerprint density at radius 3 is 2.75 bits per heavy atom. The van der Waals surface area contributed by atoms with Gasteiger partial charge in [0, 0.05) is 10.9 Å². The molecule has 0 saturated heterocycles. The van der Waals surface area contributed by atoms with Crippen molar-refractivity contribution in [1.82, 2.24) is 0 Å². The number of nitrogens with zero attached hydrogens (tertiary/aromatic N) is 1. The SMILES string of the molecule is COC(=O)C(=O)Cc1cc(Br)ccc1C#N. The van der Waals surface area contributed by atoms with Crippen molar-refractivity contribution in [3.8, 4) is 6.07 Å². The van der Waals surface area contributed by atoms with Crippen molar-refractivity contribution >= 4 is 27.7 Å². The molecule has 4 nitrogen and oxygen atoms in total. The molecule has 82 valence electrons. The lowest BCUT2D eigenvalue weighted by Crippen LogP contribution is -2.18.